The molecule has 1 aromatic carbocycles. The second kappa shape index (κ2) is 8.39. The minimum atomic E-state index is 0.123. The van der Waals surface area contributed by atoms with Crippen molar-refractivity contribution in [2.24, 2.45) is 0 Å². The highest BCUT2D eigenvalue weighted by atomic mass is 79.9. The molecule has 0 aromatic heterocycles. The summed E-state index contributed by atoms with van der Waals surface area (Å²) in [5, 5.41) is 2.98. The first-order chi connectivity index (χ1) is 9.74. The summed E-state index contributed by atoms with van der Waals surface area (Å²) in [7, 11) is 0. The van der Waals surface area contributed by atoms with Crippen molar-refractivity contribution < 1.29 is 9.53 Å². The van der Waals surface area contributed by atoms with Gasteiger partial charge in [0.05, 0.1) is 13.2 Å². The highest BCUT2D eigenvalue weighted by Gasteiger charge is 2.10. The topological polar surface area (TPSA) is 41.6 Å². The zero-order valence-electron chi connectivity index (χ0n) is 11.6. The molecule has 1 N–H and O–H groups in total. The first kappa shape index (κ1) is 15.5. The van der Waals surface area contributed by atoms with Gasteiger partial charge < -0.3 is 10.1 Å². The summed E-state index contributed by atoms with van der Waals surface area (Å²) in [6, 6.07) is 8.09. The normalized spacial score (nSPS) is 16.1. The maximum absolute atomic E-state index is 11.8. The van der Waals surface area contributed by atoms with Gasteiger partial charge in [0.1, 0.15) is 0 Å². The van der Waals surface area contributed by atoms with E-state index < -0.39 is 0 Å². The molecule has 20 heavy (non-hydrogen) atoms. The summed E-state index contributed by atoms with van der Waals surface area (Å²) in [6.45, 7) is 5.17. The number of carbonyl (C=O) groups excluding carboxylic acids is 1. The van der Waals surface area contributed by atoms with Crippen molar-refractivity contribution >= 4 is 21.8 Å². The zero-order chi connectivity index (χ0) is 14.2. The minimum absolute atomic E-state index is 0.123. The quantitative estimate of drug-likeness (QED) is 0.858. The van der Waals surface area contributed by atoms with Crippen LogP contribution >= 0.6 is 15.9 Å². The lowest BCUT2D eigenvalue weighted by Crippen LogP contribution is -2.41. The number of aryl methyl sites for hydroxylation is 1. The van der Waals surface area contributed by atoms with Crippen molar-refractivity contribution in [3.63, 3.8) is 0 Å². The van der Waals surface area contributed by atoms with Crippen molar-refractivity contribution in [3.05, 3.63) is 34.3 Å². The van der Waals surface area contributed by atoms with Gasteiger partial charge in [0, 0.05) is 37.1 Å². The van der Waals surface area contributed by atoms with E-state index in [1.165, 1.54) is 5.56 Å². The third kappa shape index (κ3) is 5.61. The number of nitrogens with zero attached hydrogens (tertiary/aromatic N) is 1. The molecule has 1 saturated heterocycles. The number of ether oxygens (including phenoxy) is 1. The second-order valence-electron chi connectivity index (χ2n) is 4.93. The monoisotopic (exact) mass is 340 g/mol. The highest BCUT2D eigenvalue weighted by molar-refractivity contribution is 9.10. The molecule has 2 rings (SSSR count). The highest BCUT2D eigenvalue weighted by Crippen LogP contribution is 2.12. The van der Waals surface area contributed by atoms with Crippen LogP contribution < -0.4 is 5.32 Å². The van der Waals surface area contributed by atoms with E-state index in [1.54, 1.807) is 0 Å². The number of amides is 1. The van der Waals surface area contributed by atoms with Crippen molar-refractivity contribution in [3.8, 4) is 0 Å². The van der Waals surface area contributed by atoms with Crippen LogP contribution in [0.25, 0.3) is 0 Å². The van der Waals surface area contributed by atoms with Crippen molar-refractivity contribution in [2.45, 2.75) is 12.8 Å². The minimum Gasteiger partial charge on any atom is -0.379 e. The Morgan fingerprint density at radius 1 is 1.35 bits per heavy atom. The van der Waals surface area contributed by atoms with Gasteiger partial charge in [-0.3, -0.25) is 9.69 Å². The molecule has 1 aromatic rings. The van der Waals surface area contributed by atoms with Crippen molar-refractivity contribution in [1.82, 2.24) is 10.2 Å². The number of carbonyl (C=O) groups is 1. The van der Waals surface area contributed by atoms with Gasteiger partial charge in [0.2, 0.25) is 5.91 Å². The van der Waals surface area contributed by atoms with Crippen LogP contribution in [0, 0.1) is 0 Å². The van der Waals surface area contributed by atoms with E-state index in [0.717, 1.165) is 50.3 Å². The number of hydrogen-bond donors (Lipinski definition) is 1. The van der Waals surface area contributed by atoms with Crippen LogP contribution in [-0.2, 0) is 16.0 Å². The summed E-state index contributed by atoms with van der Waals surface area (Å²) >= 11 is 3.44. The van der Waals surface area contributed by atoms with Gasteiger partial charge in [-0.25, -0.2) is 0 Å². The molecule has 1 fully saturated rings. The van der Waals surface area contributed by atoms with E-state index in [-0.39, 0.29) is 5.91 Å². The van der Waals surface area contributed by atoms with Gasteiger partial charge in [-0.05, 0) is 24.1 Å². The molecule has 1 amide bonds. The van der Waals surface area contributed by atoms with E-state index in [1.807, 2.05) is 18.2 Å². The maximum atomic E-state index is 11.8. The van der Waals surface area contributed by atoms with Crippen LogP contribution in [0.2, 0.25) is 0 Å². The second-order valence-corrected chi connectivity index (χ2v) is 5.85. The molecule has 0 radical (unpaired) electrons. The Morgan fingerprint density at radius 2 is 2.15 bits per heavy atom. The average Bonchev–Trinajstić information content (AvgIpc) is 2.46. The fraction of sp³-hybridized carbons (Fsp3) is 0.533. The SMILES string of the molecule is O=C(CCc1cccc(Br)c1)NCCN1CCOCC1. The lowest BCUT2D eigenvalue weighted by molar-refractivity contribution is -0.121. The first-order valence-corrected chi connectivity index (χ1v) is 7.84. The van der Waals surface area contributed by atoms with Crippen LogP contribution in [0.3, 0.4) is 0 Å². The van der Waals surface area contributed by atoms with Gasteiger partial charge in [-0.1, -0.05) is 28.1 Å². The maximum Gasteiger partial charge on any atom is 0.220 e. The van der Waals surface area contributed by atoms with Crippen LogP contribution in [0.15, 0.2) is 28.7 Å². The third-order valence-electron chi connectivity index (χ3n) is 3.38. The molecule has 1 heterocycles. The third-order valence-corrected chi connectivity index (χ3v) is 3.88. The number of rotatable bonds is 6. The standard InChI is InChI=1S/C15H21BrN2O2/c16-14-3-1-2-13(12-14)4-5-15(19)17-6-7-18-8-10-20-11-9-18/h1-3,12H,4-11H2,(H,17,19). The molecule has 1 aliphatic heterocycles. The summed E-state index contributed by atoms with van der Waals surface area (Å²) in [5.74, 6) is 0.123. The lowest BCUT2D eigenvalue weighted by atomic mass is 10.1. The van der Waals surface area contributed by atoms with Crippen LogP contribution in [-0.4, -0.2) is 50.2 Å². The lowest BCUT2D eigenvalue weighted by Gasteiger charge is -2.26. The molecule has 0 atom stereocenters. The predicted octanol–water partition coefficient (Wildman–Crippen LogP) is 1.83. The smallest absolute Gasteiger partial charge is 0.220 e. The fourth-order valence-electron chi connectivity index (χ4n) is 2.22. The molecule has 0 unspecified atom stereocenters. The predicted molar refractivity (Wildman–Crippen MR) is 82.7 cm³/mol. The molecule has 5 heteroatoms. The van der Waals surface area contributed by atoms with Crippen LogP contribution in [0.4, 0.5) is 0 Å². The summed E-state index contributed by atoms with van der Waals surface area (Å²) < 4.78 is 6.35. The van der Waals surface area contributed by atoms with E-state index >= 15 is 0 Å². The van der Waals surface area contributed by atoms with E-state index in [2.05, 4.69) is 32.2 Å². The number of benzene rings is 1. The van der Waals surface area contributed by atoms with Gasteiger partial charge in [-0.2, -0.15) is 0 Å². The Labute approximate surface area is 128 Å². The van der Waals surface area contributed by atoms with Crippen molar-refractivity contribution in [2.75, 3.05) is 39.4 Å². The van der Waals surface area contributed by atoms with Crippen LogP contribution in [0.1, 0.15) is 12.0 Å². The summed E-state index contributed by atoms with van der Waals surface area (Å²) in [6.07, 6.45) is 1.32. The number of halogens is 1. The molecule has 4 nitrogen and oxygen atoms in total. The molecule has 1 aliphatic rings. The van der Waals surface area contributed by atoms with Gasteiger partial charge in [-0.15, -0.1) is 0 Å². The fourth-order valence-corrected chi connectivity index (χ4v) is 2.66. The molecule has 110 valence electrons. The van der Waals surface area contributed by atoms with Crippen molar-refractivity contribution in [1.29, 1.82) is 0 Å². The molecular weight excluding hydrogens is 320 g/mol. The molecule has 0 bridgehead atoms. The number of hydrogen-bond acceptors (Lipinski definition) is 3. The zero-order valence-corrected chi connectivity index (χ0v) is 13.2. The Balaban J connectivity index is 1.60. The number of nitrogens with one attached hydrogen (secondary N) is 1. The van der Waals surface area contributed by atoms with Gasteiger partial charge in [0.15, 0.2) is 0 Å². The van der Waals surface area contributed by atoms with E-state index in [4.69, 9.17) is 4.74 Å². The van der Waals surface area contributed by atoms with Crippen LogP contribution in [0.5, 0.6) is 0 Å². The molecular formula is C15H21BrN2O2. The molecule has 0 saturated carbocycles. The average molecular weight is 341 g/mol. The van der Waals surface area contributed by atoms with Gasteiger partial charge in [0.25, 0.3) is 0 Å². The van der Waals surface area contributed by atoms with Gasteiger partial charge >= 0.3 is 0 Å². The summed E-state index contributed by atoms with van der Waals surface area (Å²) in [4.78, 5) is 14.1. The van der Waals surface area contributed by atoms with E-state index in [9.17, 15) is 4.79 Å². The number of morpholine rings is 1. The first-order valence-electron chi connectivity index (χ1n) is 7.05. The largest absolute Gasteiger partial charge is 0.379 e. The Morgan fingerprint density at radius 3 is 2.90 bits per heavy atom. The molecule has 0 spiro atoms. The Kier molecular flexibility index (Phi) is 6.50. The summed E-state index contributed by atoms with van der Waals surface area (Å²) in [5.41, 5.74) is 1.18. The van der Waals surface area contributed by atoms with E-state index in [0.29, 0.717) is 6.42 Å². The molecule has 0 aliphatic carbocycles. The Bertz CT molecular complexity index is 434. The Hall–Kier alpha value is -0.910.